The molecule has 5 aromatic rings. The van der Waals surface area contributed by atoms with E-state index in [1.807, 2.05) is 28.8 Å². The first kappa shape index (κ1) is 26.4. The number of rotatable bonds is 4. The fourth-order valence-electron chi connectivity index (χ4n) is 5.99. The van der Waals surface area contributed by atoms with E-state index in [0.29, 0.717) is 17.8 Å². The molecule has 39 heavy (non-hydrogen) atoms. The Balaban J connectivity index is 0.00000277. The third kappa shape index (κ3) is 4.67. The average Bonchev–Trinajstić information content (AvgIpc) is 3.30. The zero-order chi connectivity index (χ0) is 25.8. The van der Waals surface area contributed by atoms with E-state index in [1.54, 1.807) is 0 Å². The Kier molecular flexibility index (Phi) is 7.23. The number of fused-ring (bicyclic) bond motifs is 2. The van der Waals surface area contributed by atoms with Crippen LogP contribution in [0.25, 0.3) is 38.9 Å². The van der Waals surface area contributed by atoms with Gasteiger partial charge in [0.1, 0.15) is 23.4 Å². The number of aromatic nitrogens is 5. The van der Waals surface area contributed by atoms with Crippen molar-refractivity contribution >= 4 is 22.2 Å². The van der Waals surface area contributed by atoms with E-state index in [9.17, 15) is 0 Å². The number of nitrogens with two attached hydrogens (primary N) is 1. The molecule has 1 saturated heterocycles. The van der Waals surface area contributed by atoms with Gasteiger partial charge in [0.05, 0.1) is 0 Å². The summed E-state index contributed by atoms with van der Waals surface area (Å²) in [4.78, 5) is 19.6. The number of hydrogen-bond donors (Lipinski definition) is 1. The Morgan fingerprint density at radius 3 is 2.51 bits per heavy atom. The molecule has 3 aromatic heterocycles. The second-order valence-electron chi connectivity index (χ2n) is 10.7. The minimum Gasteiger partial charge on any atom is -0.382 e. The number of hydrogen-bond acceptors (Lipinski definition) is 7. The van der Waals surface area contributed by atoms with Crippen molar-refractivity contribution in [3.63, 3.8) is 0 Å². The molecule has 9 heteroatoms. The Morgan fingerprint density at radius 2 is 1.74 bits per heavy atom. The molecule has 1 saturated carbocycles. The topological polar surface area (TPSA) is 88.5 Å². The standard InChI is InChI=1S/C30H31N8.Y/c1-19-24(10-8-21-9-11-25(34-26(19)21)20-6-4-3-5-7-20)27-28-29(31)32-18-33-38(28)30(35-27)22-16-23(17-22)37-14-12-36(2)13-15-37;/h3-8,10-11,18,22-23H,12-17H2,1-2H3,(H2,31,32,33);/q-1;. The van der Waals surface area contributed by atoms with Gasteiger partial charge in [0, 0.05) is 70.8 Å². The summed E-state index contributed by atoms with van der Waals surface area (Å²) in [5.41, 5.74) is 13.0. The molecular weight excluding hydrogens is 561 g/mol. The first-order valence-corrected chi connectivity index (χ1v) is 13.4. The third-order valence-electron chi connectivity index (χ3n) is 8.37. The number of anilines is 1. The summed E-state index contributed by atoms with van der Waals surface area (Å²) in [6.07, 6.45) is 3.73. The first-order chi connectivity index (χ1) is 18.6. The number of imidazole rings is 1. The van der Waals surface area contributed by atoms with Gasteiger partial charge in [-0.3, -0.25) is 4.90 Å². The third-order valence-corrected chi connectivity index (χ3v) is 8.37. The molecule has 2 aromatic carbocycles. The van der Waals surface area contributed by atoms with Gasteiger partial charge in [0.2, 0.25) is 0 Å². The van der Waals surface area contributed by atoms with Crippen LogP contribution in [-0.4, -0.2) is 73.6 Å². The van der Waals surface area contributed by atoms with E-state index in [-0.39, 0.29) is 32.7 Å². The normalized spacial score (nSPS) is 20.2. The fraction of sp³-hybridized carbons (Fsp3) is 0.333. The van der Waals surface area contributed by atoms with Gasteiger partial charge in [-0.15, -0.1) is 23.6 Å². The number of piperazine rings is 1. The number of nitrogens with zero attached hydrogens (tertiary/aromatic N) is 7. The van der Waals surface area contributed by atoms with Gasteiger partial charge in [0.15, 0.2) is 5.82 Å². The van der Waals surface area contributed by atoms with E-state index in [0.717, 1.165) is 89.3 Å². The molecule has 0 atom stereocenters. The van der Waals surface area contributed by atoms with Crippen LogP contribution in [0.3, 0.4) is 0 Å². The zero-order valence-corrected chi connectivity index (χ0v) is 25.2. The van der Waals surface area contributed by atoms with Crippen LogP contribution in [0.4, 0.5) is 5.82 Å². The van der Waals surface area contributed by atoms with Gasteiger partial charge < -0.3 is 15.6 Å². The number of likely N-dealkylation sites (N-methyl/N-ethyl adjacent to an activating group) is 1. The molecule has 2 N–H and O–H groups in total. The minimum atomic E-state index is 0. The van der Waals surface area contributed by atoms with Gasteiger partial charge in [-0.2, -0.15) is 5.10 Å². The second-order valence-corrected chi connectivity index (χ2v) is 10.7. The number of pyridine rings is 1. The Labute approximate surface area is 253 Å². The summed E-state index contributed by atoms with van der Waals surface area (Å²) in [7, 11) is 2.20. The minimum absolute atomic E-state index is 0. The quantitative estimate of drug-likeness (QED) is 0.313. The van der Waals surface area contributed by atoms with E-state index in [2.05, 4.69) is 64.2 Å². The molecule has 195 valence electrons. The molecule has 1 aliphatic carbocycles. The summed E-state index contributed by atoms with van der Waals surface area (Å²) in [5.74, 6) is 1.78. The van der Waals surface area contributed by atoms with Crippen molar-refractivity contribution < 1.29 is 32.7 Å². The Hall–Kier alpha value is -2.78. The van der Waals surface area contributed by atoms with Crippen LogP contribution in [0.1, 0.15) is 30.1 Å². The van der Waals surface area contributed by atoms with Gasteiger partial charge in [-0.05, 0) is 49.2 Å². The molecule has 7 rings (SSSR count). The van der Waals surface area contributed by atoms with Crippen LogP contribution in [0.5, 0.6) is 0 Å². The van der Waals surface area contributed by atoms with Crippen LogP contribution in [0.15, 0.2) is 54.9 Å². The largest absolute Gasteiger partial charge is 0.382 e. The van der Waals surface area contributed by atoms with Crippen molar-refractivity contribution in [1.82, 2.24) is 34.4 Å². The second kappa shape index (κ2) is 10.7. The van der Waals surface area contributed by atoms with Gasteiger partial charge in [-0.1, -0.05) is 42.0 Å². The average molecular weight is 593 g/mol. The van der Waals surface area contributed by atoms with Crippen LogP contribution in [0, 0.1) is 13.0 Å². The molecule has 1 radical (unpaired) electrons. The van der Waals surface area contributed by atoms with Crippen LogP contribution < -0.4 is 5.73 Å². The predicted octanol–water partition coefficient (Wildman–Crippen LogP) is 4.19. The molecular formula is C30H31N8Y-. The van der Waals surface area contributed by atoms with E-state index < -0.39 is 0 Å². The molecule has 2 aliphatic rings. The van der Waals surface area contributed by atoms with Gasteiger partial charge in [0.25, 0.3) is 0 Å². The molecule has 1 aliphatic heterocycles. The van der Waals surface area contributed by atoms with Crippen LogP contribution in [0.2, 0.25) is 0 Å². The SMILES string of the molecule is Cc1c(-c2nc(C3CC(N4CCN(C)CC4)C3)n3ncnc(N)c23)ccc2[c-]cc(-c3ccccc3)nc12.[Y]. The van der Waals surface area contributed by atoms with E-state index in [4.69, 9.17) is 15.7 Å². The molecule has 8 nitrogen and oxygen atoms in total. The fourth-order valence-corrected chi connectivity index (χ4v) is 5.99. The summed E-state index contributed by atoms with van der Waals surface area (Å²) < 4.78 is 1.92. The molecule has 0 bridgehead atoms. The van der Waals surface area contributed by atoms with E-state index in [1.165, 1.54) is 6.33 Å². The number of nitrogen functional groups attached to an aromatic ring is 1. The van der Waals surface area contributed by atoms with Crippen molar-refractivity contribution in [2.24, 2.45) is 0 Å². The van der Waals surface area contributed by atoms with Crippen molar-refractivity contribution in [2.75, 3.05) is 39.0 Å². The van der Waals surface area contributed by atoms with Crippen molar-refractivity contribution in [1.29, 1.82) is 0 Å². The van der Waals surface area contributed by atoms with Crippen molar-refractivity contribution in [3.8, 4) is 22.5 Å². The van der Waals surface area contributed by atoms with Crippen LogP contribution in [-0.2, 0) is 32.7 Å². The summed E-state index contributed by atoms with van der Waals surface area (Å²) in [5, 5.41) is 5.58. The summed E-state index contributed by atoms with van der Waals surface area (Å²) in [6.45, 7) is 6.66. The Morgan fingerprint density at radius 1 is 0.974 bits per heavy atom. The molecule has 2 fully saturated rings. The van der Waals surface area contributed by atoms with Crippen molar-refractivity contribution in [3.05, 3.63) is 72.3 Å². The molecule has 0 unspecified atom stereocenters. The van der Waals surface area contributed by atoms with Crippen molar-refractivity contribution in [2.45, 2.75) is 31.7 Å². The monoisotopic (exact) mass is 592 g/mol. The van der Waals surface area contributed by atoms with Gasteiger partial charge in [-0.25, -0.2) is 14.5 Å². The predicted molar refractivity (Wildman–Crippen MR) is 150 cm³/mol. The maximum Gasteiger partial charge on any atom is 0.153 e. The smallest absolute Gasteiger partial charge is 0.153 e. The first-order valence-electron chi connectivity index (χ1n) is 13.4. The summed E-state index contributed by atoms with van der Waals surface area (Å²) >= 11 is 0. The molecule has 0 spiro atoms. The zero-order valence-electron chi connectivity index (χ0n) is 22.4. The maximum absolute atomic E-state index is 6.44. The van der Waals surface area contributed by atoms with E-state index >= 15 is 0 Å². The maximum atomic E-state index is 6.44. The Bertz CT molecular complexity index is 1640. The molecule has 4 heterocycles. The number of benzene rings is 2. The van der Waals surface area contributed by atoms with Crippen LogP contribution >= 0.6 is 0 Å². The summed E-state index contributed by atoms with van der Waals surface area (Å²) in [6, 6.07) is 20.4. The number of aryl methyl sites for hydroxylation is 1. The molecule has 0 amide bonds. The van der Waals surface area contributed by atoms with Gasteiger partial charge >= 0.3 is 0 Å².